The molecule has 124 valence electrons. The summed E-state index contributed by atoms with van der Waals surface area (Å²) in [5.74, 6) is 1.38. The van der Waals surface area contributed by atoms with E-state index >= 15 is 0 Å². The van der Waals surface area contributed by atoms with Crippen molar-refractivity contribution in [1.82, 2.24) is 10.6 Å². The highest BCUT2D eigenvalue weighted by atomic mass is 127. The Balaban J connectivity index is 0.00000441. The van der Waals surface area contributed by atoms with Crippen molar-refractivity contribution in [3.05, 3.63) is 39.9 Å². The van der Waals surface area contributed by atoms with Crippen LogP contribution in [0.1, 0.15) is 32.8 Å². The zero-order valence-electron chi connectivity index (χ0n) is 13.3. The zero-order chi connectivity index (χ0) is 15.7. The van der Waals surface area contributed by atoms with Crippen LogP contribution in [-0.4, -0.2) is 24.0 Å². The normalized spacial score (nSPS) is 11.0. The largest absolute Gasteiger partial charge is 0.357 e. The summed E-state index contributed by atoms with van der Waals surface area (Å²) in [6.07, 6.45) is 1.07. The summed E-state index contributed by atoms with van der Waals surface area (Å²) in [4.78, 5) is 14.8. The molecule has 6 nitrogen and oxygen atoms in total. The fourth-order valence-electron chi connectivity index (χ4n) is 1.76. The summed E-state index contributed by atoms with van der Waals surface area (Å²) in [7, 11) is 0. The van der Waals surface area contributed by atoms with Gasteiger partial charge in [0, 0.05) is 25.2 Å². The monoisotopic (exact) mass is 420 g/mol. The first kappa shape index (κ1) is 20.6. The fraction of sp³-hybridized carbons (Fsp3) is 0.533. The van der Waals surface area contributed by atoms with Gasteiger partial charge in [0.1, 0.15) is 0 Å². The number of benzene rings is 1. The van der Waals surface area contributed by atoms with Gasteiger partial charge in [-0.1, -0.05) is 26.0 Å². The van der Waals surface area contributed by atoms with Gasteiger partial charge in [-0.25, -0.2) is 4.99 Å². The third-order valence-electron chi connectivity index (χ3n) is 2.90. The van der Waals surface area contributed by atoms with Crippen molar-refractivity contribution in [2.75, 3.05) is 13.1 Å². The standard InChI is InChI=1S/C15H24N4O2.HI/c1-4-16-15(17-9-8-12(2)3)18-11-13-6-5-7-14(10-13)19(20)21;/h5-7,10,12H,4,8-9,11H2,1-3H3,(H2,16,17,18);1H. The predicted octanol–water partition coefficient (Wildman–Crippen LogP) is 3.31. The molecule has 0 bridgehead atoms. The third kappa shape index (κ3) is 8.16. The molecule has 0 spiro atoms. The first-order valence-electron chi connectivity index (χ1n) is 7.28. The van der Waals surface area contributed by atoms with Gasteiger partial charge in [-0.15, -0.1) is 24.0 Å². The second-order valence-corrected chi connectivity index (χ2v) is 5.23. The molecule has 0 saturated heterocycles. The lowest BCUT2D eigenvalue weighted by Gasteiger charge is -2.12. The van der Waals surface area contributed by atoms with E-state index in [1.54, 1.807) is 12.1 Å². The van der Waals surface area contributed by atoms with Gasteiger partial charge >= 0.3 is 0 Å². The summed E-state index contributed by atoms with van der Waals surface area (Å²) in [5, 5.41) is 17.2. The SMILES string of the molecule is CCNC(=NCc1cccc([N+](=O)[O-])c1)NCCC(C)C.I. The van der Waals surface area contributed by atoms with Gasteiger partial charge in [0.2, 0.25) is 0 Å². The highest BCUT2D eigenvalue weighted by molar-refractivity contribution is 14.0. The number of hydrogen-bond acceptors (Lipinski definition) is 3. The number of nitro groups is 1. The van der Waals surface area contributed by atoms with E-state index in [4.69, 9.17) is 0 Å². The van der Waals surface area contributed by atoms with Crippen LogP contribution >= 0.6 is 24.0 Å². The Morgan fingerprint density at radius 3 is 2.68 bits per heavy atom. The van der Waals surface area contributed by atoms with Crippen LogP contribution < -0.4 is 10.6 Å². The van der Waals surface area contributed by atoms with Crippen LogP contribution in [0.4, 0.5) is 5.69 Å². The minimum absolute atomic E-state index is 0. The van der Waals surface area contributed by atoms with Crippen molar-refractivity contribution in [3.8, 4) is 0 Å². The quantitative estimate of drug-likeness (QED) is 0.233. The van der Waals surface area contributed by atoms with Gasteiger partial charge in [0.25, 0.3) is 5.69 Å². The van der Waals surface area contributed by atoms with Gasteiger partial charge in [-0.3, -0.25) is 10.1 Å². The van der Waals surface area contributed by atoms with E-state index in [1.165, 1.54) is 6.07 Å². The first-order valence-corrected chi connectivity index (χ1v) is 7.28. The molecule has 0 fully saturated rings. The molecule has 0 aliphatic rings. The molecule has 1 rings (SSSR count). The van der Waals surface area contributed by atoms with Gasteiger partial charge in [-0.05, 0) is 24.8 Å². The van der Waals surface area contributed by atoms with Crippen molar-refractivity contribution in [2.45, 2.75) is 33.7 Å². The first-order chi connectivity index (χ1) is 10.0. The minimum Gasteiger partial charge on any atom is -0.357 e. The highest BCUT2D eigenvalue weighted by Gasteiger charge is 2.05. The van der Waals surface area contributed by atoms with Crippen LogP contribution in [-0.2, 0) is 6.54 Å². The van der Waals surface area contributed by atoms with E-state index < -0.39 is 0 Å². The molecule has 22 heavy (non-hydrogen) atoms. The Labute approximate surface area is 149 Å². The molecule has 0 aliphatic heterocycles. The Morgan fingerprint density at radius 1 is 1.36 bits per heavy atom. The van der Waals surface area contributed by atoms with Crippen LogP contribution in [0.5, 0.6) is 0 Å². The third-order valence-corrected chi connectivity index (χ3v) is 2.90. The number of nitrogens with one attached hydrogen (secondary N) is 2. The fourth-order valence-corrected chi connectivity index (χ4v) is 1.76. The molecule has 2 N–H and O–H groups in total. The maximum atomic E-state index is 10.7. The van der Waals surface area contributed by atoms with Gasteiger partial charge in [0.15, 0.2) is 5.96 Å². The smallest absolute Gasteiger partial charge is 0.269 e. The molecule has 0 atom stereocenters. The molecular weight excluding hydrogens is 395 g/mol. The van der Waals surface area contributed by atoms with E-state index in [2.05, 4.69) is 29.5 Å². The van der Waals surface area contributed by atoms with Crippen molar-refractivity contribution in [3.63, 3.8) is 0 Å². The lowest BCUT2D eigenvalue weighted by Crippen LogP contribution is -2.38. The number of guanidine groups is 1. The van der Waals surface area contributed by atoms with Crippen molar-refractivity contribution in [1.29, 1.82) is 0 Å². The molecular formula is C15H25IN4O2. The van der Waals surface area contributed by atoms with E-state index in [0.29, 0.717) is 12.5 Å². The molecule has 1 aromatic carbocycles. The van der Waals surface area contributed by atoms with Gasteiger partial charge in [-0.2, -0.15) is 0 Å². The number of rotatable bonds is 7. The second kappa shape index (κ2) is 11.2. The Kier molecular flexibility index (Phi) is 10.5. The van der Waals surface area contributed by atoms with Crippen molar-refractivity contribution >= 4 is 35.6 Å². The van der Waals surface area contributed by atoms with Crippen molar-refractivity contribution in [2.24, 2.45) is 10.9 Å². The maximum absolute atomic E-state index is 10.7. The summed E-state index contributed by atoms with van der Waals surface area (Å²) in [5.41, 5.74) is 0.922. The summed E-state index contributed by atoms with van der Waals surface area (Å²) in [6.45, 7) is 8.41. The van der Waals surface area contributed by atoms with Crippen LogP contribution in [0.3, 0.4) is 0 Å². The molecule has 0 aromatic heterocycles. The van der Waals surface area contributed by atoms with E-state index in [0.717, 1.165) is 31.0 Å². The summed E-state index contributed by atoms with van der Waals surface area (Å²) < 4.78 is 0. The molecule has 0 saturated carbocycles. The average molecular weight is 420 g/mol. The van der Waals surface area contributed by atoms with Crippen LogP contribution in [0.25, 0.3) is 0 Å². The summed E-state index contributed by atoms with van der Waals surface area (Å²) in [6, 6.07) is 6.57. The molecule has 0 radical (unpaired) electrons. The van der Waals surface area contributed by atoms with E-state index in [-0.39, 0.29) is 34.6 Å². The molecule has 7 heteroatoms. The molecule has 0 amide bonds. The molecule has 0 unspecified atom stereocenters. The Hall–Kier alpha value is -1.38. The number of halogens is 1. The lowest BCUT2D eigenvalue weighted by atomic mass is 10.1. The molecule has 1 aromatic rings. The number of aliphatic imine (C=N–C) groups is 1. The average Bonchev–Trinajstić information content (AvgIpc) is 2.44. The topological polar surface area (TPSA) is 79.6 Å². The second-order valence-electron chi connectivity index (χ2n) is 5.23. The lowest BCUT2D eigenvalue weighted by molar-refractivity contribution is -0.384. The van der Waals surface area contributed by atoms with Crippen molar-refractivity contribution < 1.29 is 4.92 Å². The van der Waals surface area contributed by atoms with E-state index in [1.807, 2.05) is 13.0 Å². The number of non-ortho nitro benzene ring substituents is 1. The molecule has 0 aliphatic carbocycles. The Bertz CT molecular complexity index is 492. The summed E-state index contributed by atoms with van der Waals surface area (Å²) >= 11 is 0. The number of hydrogen-bond donors (Lipinski definition) is 2. The Morgan fingerprint density at radius 2 is 2.09 bits per heavy atom. The number of nitro benzene ring substituents is 1. The minimum atomic E-state index is -0.390. The number of nitrogens with zero attached hydrogens (tertiary/aromatic N) is 2. The zero-order valence-corrected chi connectivity index (χ0v) is 15.7. The van der Waals surface area contributed by atoms with E-state index in [9.17, 15) is 10.1 Å². The van der Waals surface area contributed by atoms with Gasteiger partial charge in [0.05, 0.1) is 11.5 Å². The van der Waals surface area contributed by atoms with Crippen LogP contribution in [0.15, 0.2) is 29.3 Å². The highest BCUT2D eigenvalue weighted by Crippen LogP contribution is 2.13. The maximum Gasteiger partial charge on any atom is 0.269 e. The molecule has 0 heterocycles. The van der Waals surface area contributed by atoms with Crippen LogP contribution in [0, 0.1) is 16.0 Å². The van der Waals surface area contributed by atoms with Gasteiger partial charge < -0.3 is 10.6 Å². The predicted molar refractivity (Wildman–Crippen MR) is 101 cm³/mol. The van der Waals surface area contributed by atoms with Crippen LogP contribution in [0.2, 0.25) is 0 Å².